The molecular weight excluding hydrogens is 312 g/mol. The van der Waals surface area contributed by atoms with Crippen molar-refractivity contribution in [1.82, 2.24) is 10.6 Å². The Hall–Kier alpha value is -0.590. The van der Waals surface area contributed by atoms with Gasteiger partial charge in [0, 0.05) is 29.5 Å². The molecule has 1 saturated carbocycles. The lowest BCUT2D eigenvalue weighted by molar-refractivity contribution is -0.237. The van der Waals surface area contributed by atoms with Gasteiger partial charge in [-0.3, -0.25) is 0 Å². The van der Waals surface area contributed by atoms with Crippen molar-refractivity contribution in [1.29, 1.82) is 0 Å². The number of hydrogen-bond acceptors (Lipinski definition) is 3. The quantitative estimate of drug-likeness (QED) is 0.693. The Labute approximate surface area is 122 Å². The van der Waals surface area contributed by atoms with Crippen molar-refractivity contribution in [2.24, 2.45) is 5.41 Å². The summed E-state index contributed by atoms with van der Waals surface area (Å²) < 4.78 is 6.26. The summed E-state index contributed by atoms with van der Waals surface area (Å²) in [5.74, 6) is 0. The molecule has 5 nitrogen and oxygen atoms in total. The highest BCUT2D eigenvalue weighted by molar-refractivity contribution is 9.11. The summed E-state index contributed by atoms with van der Waals surface area (Å²) in [6, 6.07) is -0.315. The van der Waals surface area contributed by atoms with Gasteiger partial charge < -0.3 is 20.5 Å². The molecule has 2 unspecified atom stereocenters. The normalized spacial score (nSPS) is 28.4. The largest absolute Gasteiger partial charge is 0.387 e. The van der Waals surface area contributed by atoms with E-state index in [0.717, 1.165) is 0 Å². The van der Waals surface area contributed by atoms with E-state index in [1.165, 1.54) is 0 Å². The third-order valence-electron chi connectivity index (χ3n) is 3.88. The molecule has 1 aliphatic carbocycles. The first-order chi connectivity index (χ1) is 8.73. The Balaban J connectivity index is 2.41. The fourth-order valence-corrected chi connectivity index (χ4v) is 2.37. The van der Waals surface area contributed by atoms with Gasteiger partial charge >= 0.3 is 6.03 Å². The van der Waals surface area contributed by atoms with Crippen LogP contribution in [0.15, 0.2) is 11.1 Å². The molecule has 0 bridgehead atoms. The van der Waals surface area contributed by atoms with E-state index >= 15 is 0 Å². The van der Waals surface area contributed by atoms with Crippen LogP contribution in [0.4, 0.5) is 4.79 Å². The predicted octanol–water partition coefficient (Wildman–Crippen LogP) is 1.76. The molecule has 0 aromatic rings. The second-order valence-electron chi connectivity index (χ2n) is 5.45. The Morgan fingerprint density at radius 1 is 1.53 bits per heavy atom. The molecule has 0 radical (unpaired) electrons. The number of ether oxygens (including phenoxy) is 1. The maximum Gasteiger partial charge on any atom is 0.315 e. The van der Waals surface area contributed by atoms with Crippen LogP contribution in [0.3, 0.4) is 0 Å². The Kier molecular flexibility index (Phi) is 5.41. The predicted molar refractivity (Wildman–Crippen MR) is 78.2 cm³/mol. The highest BCUT2D eigenvalue weighted by atomic mass is 79.9. The fourth-order valence-electron chi connectivity index (χ4n) is 2.23. The molecular formula is C13H23BrN2O3. The molecule has 0 saturated heterocycles. The first-order valence-corrected chi connectivity index (χ1v) is 7.21. The molecule has 2 atom stereocenters. The van der Waals surface area contributed by atoms with Crippen LogP contribution in [-0.2, 0) is 4.74 Å². The van der Waals surface area contributed by atoms with Crippen LogP contribution in [0.2, 0.25) is 0 Å². The molecule has 0 spiro atoms. The van der Waals surface area contributed by atoms with Crippen molar-refractivity contribution in [3.63, 3.8) is 0 Å². The van der Waals surface area contributed by atoms with Gasteiger partial charge in [-0.15, -0.1) is 0 Å². The highest BCUT2D eigenvalue weighted by Crippen LogP contribution is 2.50. The van der Waals surface area contributed by atoms with Crippen LogP contribution in [-0.4, -0.2) is 42.5 Å². The lowest BCUT2D eigenvalue weighted by Gasteiger charge is -2.57. The van der Waals surface area contributed by atoms with Crippen molar-refractivity contribution in [3.05, 3.63) is 11.1 Å². The van der Waals surface area contributed by atoms with E-state index in [1.807, 2.05) is 20.8 Å². The number of carbonyl (C=O) groups excluding carboxylic acids is 1. The van der Waals surface area contributed by atoms with Gasteiger partial charge in [-0.25, -0.2) is 4.79 Å². The van der Waals surface area contributed by atoms with Gasteiger partial charge in [0.15, 0.2) is 0 Å². The Bertz CT molecular complexity index is 360. The molecule has 110 valence electrons. The standard InChI is InChI=1S/C13H23BrN2O3/c1-5-19-10-6-13(18,12(10,3)4)8-16-11(17)15-7-9(2)14/h10,18H,2,5-8H2,1,3-4H3,(H2,15,16,17). The molecule has 0 aromatic heterocycles. The summed E-state index contributed by atoms with van der Waals surface area (Å²) in [6.07, 6.45) is 0.578. The minimum Gasteiger partial charge on any atom is -0.387 e. The summed E-state index contributed by atoms with van der Waals surface area (Å²) in [5.41, 5.74) is -1.29. The molecule has 0 aliphatic heterocycles. The molecule has 6 heteroatoms. The zero-order valence-corrected chi connectivity index (χ0v) is 13.3. The van der Waals surface area contributed by atoms with Gasteiger partial charge in [-0.2, -0.15) is 0 Å². The molecule has 1 aliphatic rings. The van der Waals surface area contributed by atoms with Crippen LogP contribution < -0.4 is 10.6 Å². The number of amides is 2. The molecule has 0 heterocycles. The van der Waals surface area contributed by atoms with Gasteiger partial charge in [0.2, 0.25) is 0 Å². The van der Waals surface area contributed by atoms with Crippen molar-refractivity contribution < 1.29 is 14.6 Å². The van der Waals surface area contributed by atoms with Gasteiger partial charge in [0.25, 0.3) is 0 Å². The lowest BCUT2D eigenvalue weighted by atomic mass is 9.56. The number of rotatable bonds is 6. The SMILES string of the molecule is C=C(Br)CNC(=O)NCC1(O)CC(OCC)C1(C)C. The van der Waals surface area contributed by atoms with Crippen LogP contribution in [0.5, 0.6) is 0 Å². The molecule has 0 aromatic carbocycles. The Morgan fingerprint density at radius 2 is 2.16 bits per heavy atom. The van der Waals surface area contributed by atoms with Crippen molar-refractivity contribution in [3.8, 4) is 0 Å². The molecule has 3 N–H and O–H groups in total. The van der Waals surface area contributed by atoms with E-state index in [4.69, 9.17) is 4.74 Å². The third kappa shape index (κ3) is 3.70. The second-order valence-corrected chi connectivity index (χ2v) is 6.58. The number of halogens is 1. The van der Waals surface area contributed by atoms with Crippen molar-refractivity contribution in [2.45, 2.75) is 38.9 Å². The van der Waals surface area contributed by atoms with Gasteiger partial charge in [-0.1, -0.05) is 36.4 Å². The summed E-state index contributed by atoms with van der Waals surface area (Å²) in [6.45, 7) is 10.7. The summed E-state index contributed by atoms with van der Waals surface area (Å²) >= 11 is 3.16. The van der Waals surface area contributed by atoms with E-state index in [1.54, 1.807) is 0 Å². The van der Waals surface area contributed by atoms with Crippen LogP contribution in [0.25, 0.3) is 0 Å². The van der Waals surface area contributed by atoms with Gasteiger partial charge in [0.1, 0.15) is 0 Å². The lowest BCUT2D eigenvalue weighted by Crippen LogP contribution is -2.69. The Morgan fingerprint density at radius 3 is 2.63 bits per heavy atom. The van der Waals surface area contributed by atoms with E-state index in [-0.39, 0.29) is 24.1 Å². The van der Waals surface area contributed by atoms with Crippen LogP contribution in [0.1, 0.15) is 27.2 Å². The molecule has 1 fully saturated rings. The molecule has 19 heavy (non-hydrogen) atoms. The zero-order valence-electron chi connectivity index (χ0n) is 11.8. The summed E-state index contributed by atoms with van der Waals surface area (Å²) in [4.78, 5) is 11.5. The monoisotopic (exact) mass is 334 g/mol. The number of hydrogen-bond donors (Lipinski definition) is 3. The summed E-state index contributed by atoms with van der Waals surface area (Å²) in [5, 5.41) is 15.8. The fraction of sp³-hybridized carbons (Fsp3) is 0.769. The minimum atomic E-state index is -0.921. The van der Waals surface area contributed by atoms with Gasteiger partial charge in [-0.05, 0) is 6.92 Å². The number of aliphatic hydroxyl groups is 1. The average molecular weight is 335 g/mol. The van der Waals surface area contributed by atoms with E-state index in [2.05, 4.69) is 33.1 Å². The van der Waals surface area contributed by atoms with Crippen LogP contribution in [0, 0.1) is 5.41 Å². The van der Waals surface area contributed by atoms with Crippen molar-refractivity contribution >= 4 is 22.0 Å². The average Bonchev–Trinajstić information content (AvgIpc) is 2.33. The number of urea groups is 1. The molecule has 2 amide bonds. The smallest absolute Gasteiger partial charge is 0.315 e. The number of carbonyl (C=O) groups is 1. The minimum absolute atomic E-state index is 0.0367. The first-order valence-electron chi connectivity index (χ1n) is 6.42. The molecule has 1 rings (SSSR count). The van der Waals surface area contributed by atoms with Crippen LogP contribution >= 0.6 is 15.9 Å². The van der Waals surface area contributed by atoms with Crippen molar-refractivity contribution in [2.75, 3.05) is 19.7 Å². The van der Waals surface area contributed by atoms with E-state index in [9.17, 15) is 9.90 Å². The highest BCUT2D eigenvalue weighted by Gasteiger charge is 2.59. The number of nitrogens with one attached hydrogen (secondary N) is 2. The van der Waals surface area contributed by atoms with E-state index in [0.29, 0.717) is 24.1 Å². The summed E-state index contributed by atoms with van der Waals surface area (Å²) in [7, 11) is 0. The third-order valence-corrected chi connectivity index (χ3v) is 4.16. The maximum atomic E-state index is 11.5. The second kappa shape index (κ2) is 6.24. The topological polar surface area (TPSA) is 70.6 Å². The maximum absolute atomic E-state index is 11.5. The zero-order chi connectivity index (χ0) is 14.7. The van der Waals surface area contributed by atoms with E-state index < -0.39 is 5.60 Å². The first kappa shape index (κ1) is 16.5. The van der Waals surface area contributed by atoms with Gasteiger partial charge in [0.05, 0.1) is 18.2 Å².